The van der Waals surface area contributed by atoms with Gasteiger partial charge in [0.1, 0.15) is 0 Å². The quantitative estimate of drug-likeness (QED) is 0.521. The number of hydrogen-bond donors (Lipinski definition) is 0. The molecule has 1 heterocycles. The fraction of sp³-hybridized carbons (Fsp3) is 1.00. The number of fused-ring (bicyclic) bond motifs is 2. The molecule has 0 amide bonds. The van der Waals surface area contributed by atoms with Crippen molar-refractivity contribution in [2.24, 2.45) is 17.8 Å². The van der Waals surface area contributed by atoms with Crippen LogP contribution < -0.4 is 0 Å². The normalized spacial score (nSPS) is 45.0. The van der Waals surface area contributed by atoms with Crippen molar-refractivity contribution < 1.29 is 4.74 Å². The van der Waals surface area contributed by atoms with E-state index < -0.39 is 0 Å². The topological polar surface area (TPSA) is 9.23 Å². The van der Waals surface area contributed by atoms with Crippen molar-refractivity contribution in [2.75, 3.05) is 13.2 Å². The average molecular weight is 154 g/mol. The van der Waals surface area contributed by atoms with Gasteiger partial charge in [-0.1, -0.05) is 13.3 Å². The maximum atomic E-state index is 5.56. The third kappa shape index (κ3) is 1.76. The molecule has 2 bridgehead atoms. The average Bonchev–Trinajstić information content (AvgIpc) is 2.12. The van der Waals surface area contributed by atoms with Gasteiger partial charge in [-0.15, -0.1) is 0 Å². The van der Waals surface area contributed by atoms with Crippen LogP contribution in [0.5, 0.6) is 0 Å². The van der Waals surface area contributed by atoms with E-state index in [2.05, 4.69) is 6.92 Å². The van der Waals surface area contributed by atoms with Crippen LogP contribution in [0.4, 0.5) is 0 Å². The minimum absolute atomic E-state index is 0.895. The molecule has 1 aliphatic heterocycles. The molecule has 1 aliphatic carbocycles. The van der Waals surface area contributed by atoms with Crippen molar-refractivity contribution in [1.82, 2.24) is 0 Å². The molecular weight excluding hydrogens is 136 g/mol. The van der Waals surface area contributed by atoms with E-state index in [4.69, 9.17) is 4.74 Å². The van der Waals surface area contributed by atoms with E-state index in [1.54, 1.807) is 0 Å². The van der Waals surface area contributed by atoms with Crippen LogP contribution in [-0.2, 0) is 4.74 Å². The molecule has 1 saturated carbocycles. The highest BCUT2D eigenvalue weighted by atomic mass is 16.5. The molecule has 2 rings (SSSR count). The van der Waals surface area contributed by atoms with Gasteiger partial charge in [-0.2, -0.15) is 0 Å². The largest absolute Gasteiger partial charge is 0.381 e. The zero-order valence-electron chi connectivity index (χ0n) is 7.38. The summed E-state index contributed by atoms with van der Waals surface area (Å²) in [6, 6.07) is 0. The summed E-state index contributed by atoms with van der Waals surface area (Å²) in [4.78, 5) is 0. The molecule has 64 valence electrons. The van der Waals surface area contributed by atoms with E-state index in [1.165, 1.54) is 25.7 Å². The zero-order valence-corrected chi connectivity index (χ0v) is 7.38. The second-order valence-corrected chi connectivity index (χ2v) is 4.42. The van der Waals surface area contributed by atoms with E-state index in [0.29, 0.717) is 0 Å². The molecule has 0 aromatic heterocycles. The predicted octanol–water partition coefficient (Wildman–Crippen LogP) is 2.46. The Kier molecular flexibility index (Phi) is 2.17. The van der Waals surface area contributed by atoms with Crippen LogP contribution >= 0.6 is 0 Å². The van der Waals surface area contributed by atoms with Crippen LogP contribution in [-0.4, -0.2) is 13.2 Å². The van der Waals surface area contributed by atoms with Crippen LogP contribution in [0.2, 0.25) is 0 Å². The van der Waals surface area contributed by atoms with Gasteiger partial charge in [0.15, 0.2) is 0 Å². The molecule has 11 heavy (non-hydrogen) atoms. The molecule has 0 aromatic carbocycles. The third-order valence-electron chi connectivity index (χ3n) is 3.18. The molecule has 0 aromatic rings. The SMILES string of the molecule is CC1CCC2COCC(C1)C2. The first-order valence-corrected chi connectivity index (χ1v) is 4.92. The fourth-order valence-corrected chi connectivity index (χ4v) is 2.58. The highest BCUT2D eigenvalue weighted by molar-refractivity contribution is 4.77. The van der Waals surface area contributed by atoms with Gasteiger partial charge in [0.2, 0.25) is 0 Å². The van der Waals surface area contributed by atoms with E-state index in [0.717, 1.165) is 31.0 Å². The summed E-state index contributed by atoms with van der Waals surface area (Å²) in [6.07, 6.45) is 5.71. The Labute approximate surface area is 69.1 Å². The van der Waals surface area contributed by atoms with Crippen molar-refractivity contribution in [1.29, 1.82) is 0 Å². The van der Waals surface area contributed by atoms with Gasteiger partial charge < -0.3 is 4.74 Å². The van der Waals surface area contributed by atoms with Crippen LogP contribution in [0, 0.1) is 17.8 Å². The lowest BCUT2D eigenvalue weighted by Gasteiger charge is -2.26. The summed E-state index contributed by atoms with van der Waals surface area (Å²) in [5.41, 5.74) is 0. The van der Waals surface area contributed by atoms with Gasteiger partial charge in [-0.05, 0) is 37.0 Å². The first kappa shape index (κ1) is 7.60. The maximum Gasteiger partial charge on any atom is 0.0494 e. The van der Waals surface area contributed by atoms with Crippen molar-refractivity contribution >= 4 is 0 Å². The van der Waals surface area contributed by atoms with E-state index >= 15 is 0 Å². The molecule has 0 spiro atoms. The number of rotatable bonds is 0. The molecule has 1 heteroatoms. The van der Waals surface area contributed by atoms with Gasteiger partial charge in [-0.3, -0.25) is 0 Å². The van der Waals surface area contributed by atoms with E-state index in [9.17, 15) is 0 Å². The smallest absolute Gasteiger partial charge is 0.0494 e. The summed E-state index contributed by atoms with van der Waals surface area (Å²) in [6.45, 7) is 4.48. The second-order valence-electron chi connectivity index (χ2n) is 4.42. The number of ether oxygens (including phenoxy) is 1. The molecule has 0 N–H and O–H groups in total. The van der Waals surface area contributed by atoms with Crippen LogP contribution in [0.15, 0.2) is 0 Å². The molecule has 2 aliphatic rings. The minimum Gasteiger partial charge on any atom is -0.381 e. The summed E-state index contributed by atoms with van der Waals surface area (Å²) in [5.74, 6) is 2.75. The Hall–Kier alpha value is -0.0400. The summed E-state index contributed by atoms with van der Waals surface area (Å²) in [5, 5.41) is 0. The van der Waals surface area contributed by atoms with Gasteiger partial charge in [0.25, 0.3) is 0 Å². The molecular formula is C10H18O. The van der Waals surface area contributed by atoms with Crippen LogP contribution in [0.3, 0.4) is 0 Å². The molecule has 1 nitrogen and oxygen atoms in total. The van der Waals surface area contributed by atoms with Gasteiger partial charge in [0.05, 0.1) is 0 Å². The van der Waals surface area contributed by atoms with Crippen molar-refractivity contribution in [3.05, 3.63) is 0 Å². The molecule has 2 fully saturated rings. The van der Waals surface area contributed by atoms with Gasteiger partial charge in [-0.25, -0.2) is 0 Å². The lowest BCUT2D eigenvalue weighted by Crippen LogP contribution is -2.23. The van der Waals surface area contributed by atoms with Crippen LogP contribution in [0.1, 0.15) is 32.6 Å². The minimum atomic E-state index is 0.895. The van der Waals surface area contributed by atoms with E-state index in [1.807, 2.05) is 0 Å². The maximum absolute atomic E-state index is 5.56. The first-order valence-electron chi connectivity index (χ1n) is 4.92. The van der Waals surface area contributed by atoms with Crippen molar-refractivity contribution in [3.8, 4) is 0 Å². The van der Waals surface area contributed by atoms with Crippen LogP contribution in [0.25, 0.3) is 0 Å². The molecule has 3 unspecified atom stereocenters. The Morgan fingerprint density at radius 1 is 1.00 bits per heavy atom. The highest BCUT2D eigenvalue weighted by Gasteiger charge is 2.27. The van der Waals surface area contributed by atoms with Crippen molar-refractivity contribution in [3.63, 3.8) is 0 Å². The second kappa shape index (κ2) is 3.14. The summed E-state index contributed by atoms with van der Waals surface area (Å²) >= 11 is 0. The lowest BCUT2D eigenvalue weighted by molar-refractivity contribution is 0.0165. The standard InChI is InChI=1S/C10H18O/c1-8-2-3-9-5-10(4-8)7-11-6-9/h8-10H,2-7H2,1H3. The zero-order chi connectivity index (χ0) is 7.68. The Morgan fingerprint density at radius 2 is 1.82 bits per heavy atom. The Balaban J connectivity index is 1.98. The van der Waals surface area contributed by atoms with E-state index in [-0.39, 0.29) is 0 Å². The van der Waals surface area contributed by atoms with Gasteiger partial charge >= 0.3 is 0 Å². The first-order chi connectivity index (χ1) is 5.34. The number of hydrogen-bond acceptors (Lipinski definition) is 1. The molecule has 0 radical (unpaired) electrons. The Bertz CT molecular complexity index is 131. The predicted molar refractivity (Wildman–Crippen MR) is 45.4 cm³/mol. The summed E-state index contributed by atoms with van der Waals surface area (Å²) in [7, 11) is 0. The molecule has 1 saturated heterocycles. The van der Waals surface area contributed by atoms with Crippen molar-refractivity contribution in [2.45, 2.75) is 32.6 Å². The highest BCUT2D eigenvalue weighted by Crippen LogP contribution is 2.34. The molecule has 3 atom stereocenters. The summed E-state index contributed by atoms with van der Waals surface area (Å²) < 4.78 is 5.56. The third-order valence-corrected chi connectivity index (χ3v) is 3.18. The van der Waals surface area contributed by atoms with Gasteiger partial charge in [0, 0.05) is 13.2 Å². The lowest BCUT2D eigenvalue weighted by atomic mass is 9.91. The Morgan fingerprint density at radius 3 is 2.73 bits per heavy atom. The fourth-order valence-electron chi connectivity index (χ4n) is 2.58. The monoisotopic (exact) mass is 154 g/mol.